The summed E-state index contributed by atoms with van der Waals surface area (Å²) in [5.74, 6) is 0.600. The molecule has 0 saturated heterocycles. The highest BCUT2D eigenvalue weighted by atomic mass is 16.3. The Bertz CT molecular complexity index is 418. The van der Waals surface area contributed by atoms with Gasteiger partial charge < -0.3 is 10.2 Å². The molecule has 0 spiro atoms. The molecule has 1 aromatic heterocycles. The summed E-state index contributed by atoms with van der Waals surface area (Å²) in [5.41, 5.74) is 8.40. The second-order valence-electron chi connectivity index (χ2n) is 2.97. The first-order valence-electron chi connectivity index (χ1n) is 4.42. The van der Waals surface area contributed by atoms with Crippen molar-refractivity contribution >= 4 is 11.1 Å². The molecular formula is C10H12N2O. The lowest BCUT2D eigenvalue weighted by atomic mass is 10.1. The zero-order valence-corrected chi connectivity index (χ0v) is 7.58. The number of rotatable bonds is 2. The fourth-order valence-electron chi connectivity index (χ4n) is 1.32. The molecule has 0 bridgehead atoms. The van der Waals surface area contributed by atoms with Crippen molar-refractivity contribution in [1.29, 1.82) is 0 Å². The predicted octanol–water partition coefficient (Wildman–Crippen LogP) is 1.85. The summed E-state index contributed by atoms with van der Waals surface area (Å²) in [4.78, 5) is 4.21. The maximum absolute atomic E-state index is 5.43. The minimum Gasteiger partial charge on any atom is -0.439 e. The zero-order valence-electron chi connectivity index (χ0n) is 7.58. The Balaban J connectivity index is 2.57. The number of fused-ring (bicyclic) bond motifs is 1. The first-order chi connectivity index (χ1) is 6.33. The molecule has 0 aliphatic carbocycles. The monoisotopic (exact) mass is 176 g/mol. The Morgan fingerprint density at radius 3 is 3.00 bits per heavy atom. The Kier molecular flexibility index (Phi) is 2.02. The van der Waals surface area contributed by atoms with Crippen molar-refractivity contribution in [2.24, 2.45) is 5.73 Å². The average molecular weight is 176 g/mol. The fraction of sp³-hybridized carbons (Fsp3) is 0.300. The topological polar surface area (TPSA) is 52.0 Å². The summed E-state index contributed by atoms with van der Waals surface area (Å²) in [7, 11) is 0. The van der Waals surface area contributed by atoms with E-state index in [0.717, 1.165) is 17.5 Å². The van der Waals surface area contributed by atoms with E-state index in [1.807, 2.05) is 12.1 Å². The van der Waals surface area contributed by atoms with E-state index in [1.54, 1.807) is 0 Å². The smallest absolute Gasteiger partial charge is 0.209 e. The molecule has 0 atom stereocenters. The number of oxazole rings is 1. The molecule has 3 heteroatoms. The molecule has 2 rings (SSSR count). The second kappa shape index (κ2) is 3.18. The van der Waals surface area contributed by atoms with Crippen molar-refractivity contribution in [3.63, 3.8) is 0 Å². The van der Waals surface area contributed by atoms with Gasteiger partial charge in [0.1, 0.15) is 5.52 Å². The number of hydrogen-bond donors (Lipinski definition) is 1. The first kappa shape index (κ1) is 8.26. The van der Waals surface area contributed by atoms with Gasteiger partial charge >= 0.3 is 0 Å². The lowest BCUT2D eigenvalue weighted by Gasteiger charge is -1.92. The number of aromatic nitrogens is 1. The van der Waals surface area contributed by atoms with Crippen LogP contribution in [0, 0.1) is 0 Å². The third-order valence-electron chi connectivity index (χ3n) is 2.08. The molecule has 68 valence electrons. The third kappa shape index (κ3) is 1.42. The van der Waals surface area contributed by atoms with Crippen LogP contribution in [0.4, 0.5) is 0 Å². The first-order valence-corrected chi connectivity index (χ1v) is 4.42. The molecule has 13 heavy (non-hydrogen) atoms. The number of aryl methyl sites for hydroxylation is 1. The summed E-state index contributed by atoms with van der Waals surface area (Å²) in [6, 6.07) is 6.05. The highest BCUT2D eigenvalue weighted by Gasteiger charge is 2.03. The molecule has 0 fully saturated rings. The number of hydrogen-bond acceptors (Lipinski definition) is 3. The predicted molar refractivity (Wildman–Crippen MR) is 51.3 cm³/mol. The molecule has 0 radical (unpaired) electrons. The van der Waals surface area contributed by atoms with Crippen LogP contribution >= 0.6 is 0 Å². The standard InChI is InChI=1S/C10H12N2O/c1-2-7-3-4-8-9(5-7)13-10(6-11)12-8/h3-5H,2,6,11H2,1H3. The van der Waals surface area contributed by atoms with Crippen LogP contribution in [-0.4, -0.2) is 4.98 Å². The molecule has 0 saturated carbocycles. The number of nitrogens with zero attached hydrogens (tertiary/aromatic N) is 1. The average Bonchev–Trinajstić information content (AvgIpc) is 2.58. The van der Waals surface area contributed by atoms with E-state index >= 15 is 0 Å². The maximum Gasteiger partial charge on any atom is 0.209 e. The largest absolute Gasteiger partial charge is 0.439 e. The SMILES string of the molecule is CCc1ccc2nc(CN)oc2c1. The van der Waals surface area contributed by atoms with Crippen molar-refractivity contribution in [3.8, 4) is 0 Å². The molecule has 0 amide bonds. The summed E-state index contributed by atoms with van der Waals surface area (Å²) >= 11 is 0. The highest BCUT2D eigenvalue weighted by molar-refractivity contribution is 5.73. The van der Waals surface area contributed by atoms with Crippen LogP contribution in [0.3, 0.4) is 0 Å². The van der Waals surface area contributed by atoms with Crippen LogP contribution in [0.2, 0.25) is 0 Å². The minimum absolute atomic E-state index is 0.357. The van der Waals surface area contributed by atoms with Crippen LogP contribution in [0.15, 0.2) is 22.6 Å². The maximum atomic E-state index is 5.43. The van der Waals surface area contributed by atoms with Crippen molar-refractivity contribution in [1.82, 2.24) is 4.98 Å². The highest BCUT2D eigenvalue weighted by Crippen LogP contribution is 2.17. The van der Waals surface area contributed by atoms with Crippen molar-refractivity contribution in [2.75, 3.05) is 0 Å². The normalized spacial score (nSPS) is 10.9. The van der Waals surface area contributed by atoms with Gasteiger partial charge in [0.05, 0.1) is 6.54 Å². The van der Waals surface area contributed by atoms with Gasteiger partial charge in [0.15, 0.2) is 5.58 Å². The Labute approximate surface area is 76.6 Å². The van der Waals surface area contributed by atoms with Gasteiger partial charge in [0.25, 0.3) is 0 Å². The summed E-state index contributed by atoms with van der Waals surface area (Å²) in [6.07, 6.45) is 1.01. The molecule has 1 heterocycles. The second-order valence-corrected chi connectivity index (χ2v) is 2.97. The number of benzene rings is 1. The molecule has 0 aliphatic rings. The van der Waals surface area contributed by atoms with E-state index in [9.17, 15) is 0 Å². The van der Waals surface area contributed by atoms with Crippen molar-refractivity contribution < 1.29 is 4.42 Å². The van der Waals surface area contributed by atoms with Gasteiger partial charge in [-0.05, 0) is 24.1 Å². The van der Waals surface area contributed by atoms with E-state index in [2.05, 4.69) is 18.0 Å². The van der Waals surface area contributed by atoms with E-state index in [4.69, 9.17) is 10.2 Å². The van der Waals surface area contributed by atoms with Crippen LogP contribution in [0.25, 0.3) is 11.1 Å². The summed E-state index contributed by atoms with van der Waals surface area (Å²) in [6.45, 7) is 2.47. The van der Waals surface area contributed by atoms with E-state index in [0.29, 0.717) is 12.4 Å². The minimum atomic E-state index is 0.357. The van der Waals surface area contributed by atoms with E-state index < -0.39 is 0 Å². The Morgan fingerprint density at radius 2 is 2.31 bits per heavy atom. The molecule has 0 unspecified atom stereocenters. The summed E-state index contributed by atoms with van der Waals surface area (Å²) in [5, 5.41) is 0. The lowest BCUT2D eigenvalue weighted by molar-refractivity contribution is 0.533. The van der Waals surface area contributed by atoms with E-state index in [1.165, 1.54) is 5.56 Å². The summed E-state index contributed by atoms with van der Waals surface area (Å²) < 4.78 is 5.42. The lowest BCUT2D eigenvalue weighted by Crippen LogP contribution is -1.94. The Hall–Kier alpha value is -1.35. The molecule has 0 aliphatic heterocycles. The van der Waals surface area contributed by atoms with E-state index in [-0.39, 0.29) is 0 Å². The van der Waals surface area contributed by atoms with Crippen LogP contribution in [-0.2, 0) is 13.0 Å². The van der Waals surface area contributed by atoms with Gasteiger partial charge in [-0.1, -0.05) is 13.0 Å². The molecule has 1 aromatic carbocycles. The van der Waals surface area contributed by atoms with Crippen LogP contribution in [0.1, 0.15) is 18.4 Å². The van der Waals surface area contributed by atoms with Gasteiger partial charge in [0, 0.05) is 0 Å². The third-order valence-corrected chi connectivity index (χ3v) is 2.08. The quantitative estimate of drug-likeness (QED) is 0.759. The number of nitrogens with two attached hydrogens (primary N) is 1. The molecule has 2 aromatic rings. The molecule has 3 nitrogen and oxygen atoms in total. The van der Waals surface area contributed by atoms with Crippen LogP contribution < -0.4 is 5.73 Å². The van der Waals surface area contributed by atoms with Gasteiger partial charge in [0.2, 0.25) is 5.89 Å². The van der Waals surface area contributed by atoms with Gasteiger partial charge in [-0.2, -0.15) is 0 Å². The fourth-order valence-corrected chi connectivity index (χ4v) is 1.32. The van der Waals surface area contributed by atoms with Gasteiger partial charge in [-0.3, -0.25) is 0 Å². The molecule has 2 N–H and O–H groups in total. The zero-order chi connectivity index (χ0) is 9.26. The van der Waals surface area contributed by atoms with Crippen LogP contribution in [0.5, 0.6) is 0 Å². The van der Waals surface area contributed by atoms with Crippen molar-refractivity contribution in [2.45, 2.75) is 19.9 Å². The van der Waals surface area contributed by atoms with Gasteiger partial charge in [-0.15, -0.1) is 0 Å². The molecular weight excluding hydrogens is 164 g/mol. The van der Waals surface area contributed by atoms with Crippen molar-refractivity contribution in [3.05, 3.63) is 29.7 Å². The Morgan fingerprint density at radius 1 is 1.46 bits per heavy atom. The van der Waals surface area contributed by atoms with Gasteiger partial charge in [-0.25, -0.2) is 4.98 Å².